The van der Waals surface area contributed by atoms with Gasteiger partial charge in [-0.15, -0.1) is 0 Å². The van der Waals surface area contributed by atoms with Gasteiger partial charge in [-0.2, -0.15) is 0 Å². The van der Waals surface area contributed by atoms with Crippen LogP contribution in [0.3, 0.4) is 0 Å². The first kappa shape index (κ1) is 14.0. The van der Waals surface area contributed by atoms with Crippen LogP contribution in [0.5, 0.6) is 0 Å². The Labute approximate surface area is 124 Å². The second kappa shape index (κ2) is 5.80. The van der Waals surface area contributed by atoms with Gasteiger partial charge in [0.15, 0.2) is 0 Å². The van der Waals surface area contributed by atoms with E-state index in [0.717, 1.165) is 23.2 Å². The molecule has 2 aromatic heterocycles. The standard InChI is InChI=1S/C17H21NO3/c1-3-17(19)18(10-13-5-4-8-20-13)11-14-6-7-16(21-14)15-9-12(15)2/h4-8,12,15H,3,9-11H2,1-2H3. The highest BCUT2D eigenvalue weighted by Crippen LogP contribution is 2.47. The maximum Gasteiger partial charge on any atom is 0.223 e. The van der Waals surface area contributed by atoms with Gasteiger partial charge < -0.3 is 13.7 Å². The molecule has 0 spiro atoms. The molecule has 0 saturated heterocycles. The molecule has 2 aromatic rings. The minimum Gasteiger partial charge on any atom is -0.467 e. The molecule has 4 nitrogen and oxygen atoms in total. The summed E-state index contributed by atoms with van der Waals surface area (Å²) in [6.07, 6.45) is 3.31. The van der Waals surface area contributed by atoms with Gasteiger partial charge in [0.2, 0.25) is 5.91 Å². The van der Waals surface area contributed by atoms with Crippen LogP contribution in [0.15, 0.2) is 39.4 Å². The van der Waals surface area contributed by atoms with E-state index >= 15 is 0 Å². The quantitative estimate of drug-likeness (QED) is 0.808. The summed E-state index contributed by atoms with van der Waals surface area (Å²) in [6, 6.07) is 7.75. The van der Waals surface area contributed by atoms with E-state index in [9.17, 15) is 4.79 Å². The molecule has 1 saturated carbocycles. The van der Waals surface area contributed by atoms with Crippen LogP contribution >= 0.6 is 0 Å². The molecule has 2 unspecified atom stereocenters. The molecule has 1 aliphatic carbocycles. The monoisotopic (exact) mass is 287 g/mol. The molecule has 112 valence electrons. The summed E-state index contributed by atoms with van der Waals surface area (Å²) in [5.41, 5.74) is 0. The van der Waals surface area contributed by atoms with Crippen molar-refractivity contribution in [2.24, 2.45) is 5.92 Å². The van der Waals surface area contributed by atoms with Gasteiger partial charge in [-0.1, -0.05) is 13.8 Å². The molecule has 0 N–H and O–H groups in total. The minimum atomic E-state index is 0.101. The molecule has 1 amide bonds. The molecular formula is C17H21NO3. The molecule has 2 atom stereocenters. The highest BCUT2D eigenvalue weighted by atomic mass is 16.3. The van der Waals surface area contributed by atoms with E-state index in [1.54, 1.807) is 11.2 Å². The van der Waals surface area contributed by atoms with E-state index in [0.29, 0.717) is 25.4 Å². The van der Waals surface area contributed by atoms with Crippen molar-refractivity contribution >= 4 is 5.91 Å². The van der Waals surface area contributed by atoms with Crippen LogP contribution in [0, 0.1) is 5.92 Å². The summed E-state index contributed by atoms with van der Waals surface area (Å²) in [5, 5.41) is 0. The molecular weight excluding hydrogens is 266 g/mol. The molecule has 0 radical (unpaired) electrons. The van der Waals surface area contributed by atoms with Gasteiger partial charge in [-0.25, -0.2) is 0 Å². The predicted octanol–water partition coefficient (Wildman–Crippen LogP) is 3.93. The average molecular weight is 287 g/mol. The largest absolute Gasteiger partial charge is 0.467 e. The third kappa shape index (κ3) is 3.20. The first-order valence-electron chi connectivity index (χ1n) is 7.56. The Morgan fingerprint density at radius 2 is 2.05 bits per heavy atom. The second-order valence-corrected chi connectivity index (χ2v) is 5.81. The topological polar surface area (TPSA) is 46.6 Å². The Hall–Kier alpha value is -1.97. The highest BCUT2D eigenvalue weighted by Gasteiger charge is 2.36. The van der Waals surface area contributed by atoms with Crippen LogP contribution in [0.25, 0.3) is 0 Å². The summed E-state index contributed by atoms with van der Waals surface area (Å²) in [4.78, 5) is 13.9. The fourth-order valence-electron chi connectivity index (χ4n) is 2.63. The zero-order chi connectivity index (χ0) is 14.8. The van der Waals surface area contributed by atoms with Gasteiger partial charge >= 0.3 is 0 Å². The van der Waals surface area contributed by atoms with Crippen LogP contribution in [-0.2, 0) is 17.9 Å². The Morgan fingerprint density at radius 1 is 1.29 bits per heavy atom. The predicted molar refractivity (Wildman–Crippen MR) is 78.5 cm³/mol. The smallest absolute Gasteiger partial charge is 0.223 e. The summed E-state index contributed by atoms with van der Waals surface area (Å²) in [5.74, 6) is 4.08. The Morgan fingerprint density at radius 3 is 2.67 bits per heavy atom. The van der Waals surface area contributed by atoms with Crippen molar-refractivity contribution in [2.45, 2.75) is 45.7 Å². The van der Waals surface area contributed by atoms with Crippen molar-refractivity contribution in [1.82, 2.24) is 4.90 Å². The van der Waals surface area contributed by atoms with Crippen LogP contribution in [0.2, 0.25) is 0 Å². The van der Waals surface area contributed by atoms with Crippen LogP contribution in [0.4, 0.5) is 0 Å². The van der Waals surface area contributed by atoms with E-state index < -0.39 is 0 Å². The molecule has 2 heterocycles. The maximum atomic E-state index is 12.1. The highest BCUT2D eigenvalue weighted by molar-refractivity contribution is 5.75. The van der Waals surface area contributed by atoms with Gasteiger partial charge in [-0.3, -0.25) is 4.79 Å². The van der Waals surface area contributed by atoms with E-state index in [2.05, 4.69) is 6.92 Å². The van der Waals surface area contributed by atoms with E-state index in [-0.39, 0.29) is 5.91 Å². The molecule has 0 aliphatic heterocycles. The van der Waals surface area contributed by atoms with Crippen molar-refractivity contribution in [3.05, 3.63) is 47.8 Å². The Kier molecular flexibility index (Phi) is 3.86. The number of furan rings is 2. The Balaban J connectivity index is 1.68. The first-order chi connectivity index (χ1) is 10.2. The van der Waals surface area contributed by atoms with Gasteiger partial charge in [-0.05, 0) is 36.6 Å². The lowest BCUT2D eigenvalue weighted by Crippen LogP contribution is -2.29. The number of hydrogen-bond acceptors (Lipinski definition) is 3. The summed E-state index contributed by atoms with van der Waals surface area (Å²) in [6.45, 7) is 5.08. The summed E-state index contributed by atoms with van der Waals surface area (Å²) < 4.78 is 11.2. The molecule has 1 fully saturated rings. The zero-order valence-corrected chi connectivity index (χ0v) is 12.5. The zero-order valence-electron chi connectivity index (χ0n) is 12.5. The van der Waals surface area contributed by atoms with Crippen LogP contribution in [-0.4, -0.2) is 10.8 Å². The van der Waals surface area contributed by atoms with Crippen molar-refractivity contribution in [1.29, 1.82) is 0 Å². The number of carbonyl (C=O) groups excluding carboxylic acids is 1. The van der Waals surface area contributed by atoms with Gasteiger partial charge in [0.25, 0.3) is 0 Å². The molecule has 3 rings (SSSR count). The van der Waals surface area contributed by atoms with Crippen molar-refractivity contribution in [3.63, 3.8) is 0 Å². The number of amides is 1. The number of nitrogens with zero attached hydrogens (tertiary/aromatic N) is 1. The fourth-order valence-corrected chi connectivity index (χ4v) is 2.63. The lowest BCUT2D eigenvalue weighted by atomic mass is 10.2. The number of rotatable bonds is 6. The maximum absolute atomic E-state index is 12.1. The average Bonchev–Trinajstić information content (AvgIpc) is 2.90. The van der Waals surface area contributed by atoms with Crippen LogP contribution < -0.4 is 0 Å². The van der Waals surface area contributed by atoms with Gasteiger partial charge in [0, 0.05) is 12.3 Å². The van der Waals surface area contributed by atoms with E-state index in [1.807, 2.05) is 31.2 Å². The molecule has 0 aromatic carbocycles. The lowest BCUT2D eigenvalue weighted by molar-refractivity contribution is -0.132. The molecule has 1 aliphatic rings. The van der Waals surface area contributed by atoms with Gasteiger partial charge in [0.05, 0.1) is 19.4 Å². The second-order valence-electron chi connectivity index (χ2n) is 5.81. The summed E-state index contributed by atoms with van der Waals surface area (Å²) in [7, 11) is 0. The molecule has 0 bridgehead atoms. The fraction of sp³-hybridized carbons (Fsp3) is 0.471. The van der Waals surface area contributed by atoms with Crippen LogP contribution in [0.1, 0.15) is 49.9 Å². The summed E-state index contributed by atoms with van der Waals surface area (Å²) >= 11 is 0. The SMILES string of the molecule is CCC(=O)N(Cc1ccco1)Cc1ccc(C2CC2C)o1. The molecule has 21 heavy (non-hydrogen) atoms. The van der Waals surface area contributed by atoms with Crippen molar-refractivity contribution < 1.29 is 13.6 Å². The van der Waals surface area contributed by atoms with Gasteiger partial charge in [0.1, 0.15) is 17.3 Å². The first-order valence-corrected chi connectivity index (χ1v) is 7.56. The lowest BCUT2D eigenvalue weighted by Gasteiger charge is -2.19. The minimum absolute atomic E-state index is 0.101. The van der Waals surface area contributed by atoms with E-state index in [4.69, 9.17) is 8.83 Å². The van der Waals surface area contributed by atoms with Crippen molar-refractivity contribution in [3.8, 4) is 0 Å². The third-order valence-corrected chi connectivity index (χ3v) is 4.09. The third-order valence-electron chi connectivity index (χ3n) is 4.09. The Bertz CT molecular complexity index is 599. The normalized spacial score (nSPS) is 20.5. The van der Waals surface area contributed by atoms with Crippen molar-refractivity contribution in [2.75, 3.05) is 0 Å². The molecule has 4 heteroatoms. The number of carbonyl (C=O) groups is 1. The van der Waals surface area contributed by atoms with E-state index in [1.165, 1.54) is 6.42 Å². The number of hydrogen-bond donors (Lipinski definition) is 0.